The Kier molecular flexibility index (Phi) is 4.59. The summed E-state index contributed by atoms with van der Waals surface area (Å²) in [4.78, 5) is 0.223. The van der Waals surface area contributed by atoms with E-state index in [-0.39, 0.29) is 17.9 Å². The van der Waals surface area contributed by atoms with E-state index in [0.29, 0.717) is 5.56 Å². The van der Waals surface area contributed by atoms with Gasteiger partial charge in [0.05, 0.1) is 23.5 Å². The van der Waals surface area contributed by atoms with E-state index in [1.54, 1.807) is 30.3 Å². The standard InChI is InChI=1S/C14H17NO4S/c1-11-2-4-13(5-3-11)20(17,18)15-8-6-14(16)12-7-9-19-10-12/h2-5,7,9-10,14-16H,6,8H2,1H3. The smallest absolute Gasteiger partial charge is 0.240 e. The van der Waals surface area contributed by atoms with Gasteiger partial charge in [-0.2, -0.15) is 0 Å². The molecule has 0 fully saturated rings. The summed E-state index contributed by atoms with van der Waals surface area (Å²) in [6.07, 6.45) is 2.45. The Hall–Kier alpha value is -1.63. The monoisotopic (exact) mass is 295 g/mol. The fourth-order valence-corrected chi connectivity index (χ4v) is 2.81. The average molecular weight is 295 g/mol. The van der Waals surface area contributed by atoms with Crippen molar-refractivity contribution >= 4 is 10.0 Å². The Balaban J connectivity index is 1.91. The highest BCUT2D eigenvalue weighted by Crippen LogP contribution is 2.16. The molecule has 2 aromatic rings. The van der Waals surface area contributed by atoms with Crippen LogP contribution in [-0.4, -0.2) is 20.1 Å². The van der Waals surface area contributed by atoms with Gasteiger partial charge in [-0.05, 0) is 31.5 Å². The molecule has 0 radical (unpaired) electrons. The van der Waals surface area contributed by atoms with Crippen molar-refractivity contribution in [2.45, 2.75) is 24.3 Å². The van der Waals surface area contributed by atoms with Gasteiger partial charge in [-0.1, -0.05) is 17.7 Å². The highest BCUT2D eigenvalue weighted by molar-refractivity contribution is 7.89. The number of furan rings is 1. The summed E-state index contributed by atoms with van der Waals surface area (Å²) < 4.78 is 31.3. The van der Waals surface area contributed by atoms with Crippen molar-refractivity contribution in [3.8, 4) is 0 Å². The van der Waals surface area contributed by atoms with Gasteiger partial charge < -0.3 is 9.52 Å². The van der Waals surface area contributed by atoms with Crippen LogP contribution in [0, 0.1) is 6.92 Å². The molecule has 108 valence electrons. The fourth-order valence-electron chi connectivity index (χ4n) is 1.76. The summed E-state index contributed by atoms with van der Waals surface area (Å²) >= 11 is 0. The molecule has 1 aromatic heterocycles. The Morgan fingerprint density at radius 2 is 1.95 bits per heavy atom. The van der Waals surface area contributed by atoms with Gasteiger partial charge in [0.15, 0.2) is 0 Å². The van der Waals surface area contributed by atoms with Crippen LogP contribution in [0.1, 0.15) is 23.7 Å². The third-order valence-electron chi connectivity index (χ3n) is 2.97. The van der Waals surface area contributed by atoms with Crippen LogP contribution in [0.15, 0.2) is 52.2 Å². The van der Waals surface area contributed by atoms with E-state index in [2.05, 4.69) is 4.72 Å². The van der Waals surface area contributed by atoms with E-state index in [4.69, 9.17) is 4.42 Å². The van der Waals surface area contributed by atoms with E-state index in [1.807, 2.05) is 6.92 Å². The molecular weight excluding hydrogens is 278 g/mol. The second-order valence-electron chi connectivity index (χ2n) is 4.57. The molecule has 0 aliphatic rings. The summed E-state index contributed by atoms with van der Waals surface area (Å²) in [5.41, 5.74) is 1.64. The molecule has 1 unspecified atom stereocenters. The molecule has 1 atom stereocenters. The van der Waals surface area contributed by atoms with E-state index >= 15 is 0 Å². The maximum atomic E-state index is 12.0. The molecule has 0 aliphatic heterocycles. The van der Waals surface area contributed by atoms with Crippen LogP contribution in [0.4, 0.5) is 0 Å². The number of aryl methyl sites for hydroxylation is 1. The molecular formula is C14H17NO4S. The van der Waals surface area contributed by atoms with Crippen molar-refractivity contribution in [2.75, 3.05) is 6.54 Å². The quantitative estimate of drug-likeness (QED) is 0.854. The topological polar surface area (TPSA) is 79.5 Å². The van der Waals surface area contributed by atoms with Crippen LogP contribution in [0.3, 0.4) is 0 Å². The predicted molar refractivity (Wildman–Crippen MR) is 74.7 cm³/mol. The van der Waals surface area contributed by atoms with Crippen LogP contribution >= 0.6 is 0 Å². The van der Waals surface area contributed by atoms with Gasteiger partial charge in [0.25, 0.3) is 0 Å². The zero-order valence-electron chi connectivity index (χ0n) is 11.1. The number of aliphatic hydroxyl groups excluding tert-OH is 1. The normalized spacial score (nSPS) is 13.3. The molecule has 0 aliphatic carbocycles. The molecule has 1 aromatic carbocycles. The Labute approximate surface area is 118 Å². The third-order valence-corrected chi connectivity index (χ3v) is 4.45. The Bertz CT molecular complexity index is 632. The summed E-state index contributed by atoms with van der Waals surface area (Å²) in [6, 6.07) is 8.26. The van der Waals surface area contributed by atoms with Crippen LogP contribution < -0.4 is 4.72 Å². The lowest BCUT2D eigenvalue weighted by Crippen LogP contribution is -2.25. The molecule has 0 bridgehead atoms. The summed E-state index contributed by atoms with van der Waals surface area (Å²) in [5, 5.41) is 9.82. The first-order valence-corrected chi connectivity index (χ1v) is 7.74. The van der Waals surface area contributed by atoms with Gasteiger partial charge >= 0.3 is 0 Å². The minimum atomic E-state index is -3.53. The zero-order chi connectivity index (χ0) is 14.6. The lowest BCUT2D eigenvalue weighted by atomic mass is 10.1. The van der Waals surface area contributed by atoms with Crippen molar-refractivity contribution in [1.82, 2.24) is 4.72 Å². The zero-order valence-corrected chi connectivity index (χ0v) is 11.9. The number of benzene rings is 1. The van der Waals surface area contributed by atoms with Crippen molar-refractivity contribution in [1.29, 1.82) is 0 Å². The van der Waals surface area contributed by atoms with Crippen LogP contribution in [0.25, 0.3) is 0 Å². The van der Waals surface area contributed by atoms with Gasteiger partial charge in [0.2, 0.25) is 10.0 Å². The molecule has 1 heterocycles. The Morgan fingerprint density at radius 1 is 1.25 bits per heavy atom. The van der Waals surface area contributed by atoms with Crippen molar-refractivity contribution in [3.05, 3.63) is 54.0 Å². The molecule has 20 heavy (non-hydrogen) atoms. The number of aliphatic hydroxyl groups is 1. The second-order valence-corrected chi connectivity index (χ2v) is 6.34. The third kappa shape index (κ3) is 3.69. The molecule has 0 spiro atoms. The van der Waals surface area contributed by atoms with Crippen molar-refractivity contribution in [2.24, 2.45) is 0 Å². The highest BCUT2D eigenvalue weighted by Gasteiger charge is 2.15. The largest absolute Gasteiger partial charge is 0.472 e. The molecule has 0 saturated heterocycles. The van der Waals surface area contributed by atoms with E-state index in [9.17, 15) is 13.5 Å². The molecule has 2 N–H and O–H groups in total. The molecule has 5 nitrogen and oxygen atoms in total. The van der Waals surface area contributed by atoms with Gasteiger partial charge in [0.1, 0.15) is 0 Å². The number of hydrogen-bond donors (Lipinski definition) is 2. The van der Waals surface area contributed by atoms with Gasteiger partial charge in [-0.25, -0.2) is 13.1 Å². The number of sulfonamides is 1. The summed E-state index contributed by atoms with van der Waals surface area (Å²) in [5.74, 6) is 0. The minimum Gasteiger partial charge on any atom is -0.472 e. The average Bonchev–Trinajstić information content (AvgIpc) is 2.93. The summed E-state index contributed by atoms with van der Waals surface area (Å²) in [7, 11) is -3.53. The minimum absolute atomic E-state index is 0.155. The molecule has 0 saturated carbocycles. The maximum absolute atomic E-state index is 12.0. The fraction of sp³-hybridized carbons (Fsp3) is 0.286. The van der Waals surface area contributed by atoms with Crippen LogP contribution in [0.5, 0.6) is 0 Å². The van der Waals surface area contributed by atoms with Crippen LogP contribution in [-0.2, 0) is 10.0 Å². The van der Waals surface area contributed by atoms with Crippen molar-refractivity contribution < 1.29 is 17.9 Å². The highest BCUT2D eigenvalue weighted by atomic mass is 32.2. The molecule has 2 rings (SSSR count). The molecule has 0 amide bonds. The lowest BCUT2D eigenvalue weighted by molar-refractivity contribution is 0.168. The first kappa shape index (κ1) is 14.8. The first-order chi connectivity index (χ1) is 9.49. The van der Waals surface area contributed by atoms with Gasteiger partial charge in [0, 0.05) is 12.1 Å². The second kappa shape index (κ2) is 6.21. The summed E-state index contributed by atoms with van der Waals surface area (Å²) in [6.45, 7) is 2.05. The lowest BCUT2D eigenvalue weighted by Gasteiger charge is -2.10. The Morgan fingerprint density at radius 3 is 2.55 bits per heavy atom. The SMILES string of the molecule is Cc1ccc(S(=O)(=O)NCCC(O)c2ccoc2)cc1. The number of hydrogen-bond acceptors (Lipinski definition) is 4. The van der Waals surface area contributed by atoms with E-state index in [0.717, 1.165) is 5.56 Å². The number of nitrogens with one attached hydrogen (secondary N) is 1. The maximum Gasteiger partial charge on any atom is 0.240 e. The van der Waals surface area contributed by atoms with Gasteiger partial charge in [-0.15, -0.1) is 0 Å². The van der Waals surface area contributed by atoms with Crippen molar-refractivity contribution in [3.63, 3.8) is 0 Å². The van der Waals surface area contributed by atoms with E-state index in [1.165, 1.54) is 12.5 Å². The number of rotatable bonds is 6. The van der Waals surface area contributed by atoms with Gasteiger partial charge in [-0.3, -0.25) is 0 Å². The first-order valence-electron chi connectivity index (χ1n) is 6.25. The van der Waals surface area contributed by atoms with E-state index < -0.39 is 16.1 Å². The molecule has 6 heteroatoms. The predicted octanol–water partition coefficient (Wildman–Crippen LogP) is 1.99. The van der Waals surface area contributed by atoms with Crippen LogP contribution in [0.2, 0.25) is 0 Å².